The summed E-state index contributed by atoms with van der Waals surface area (Å²) in [6.07, 6.45) is 0. The molecule has 0 aromatic heterocycles. The molecular weight excluding hydrogens is 543 g/mol. The second kappa shape index (κ2) is 9.32. The predicted octanol–water partition coefficient (Wildman–Crippen LogP) is 2.90. The van der Waals surface area contributed by atoms with Crippen LogP contribution in [0.2, 0.25) is 0 Å². The number of carbonyl (C=O) groups is 3. The molecule has 0 bridgehead atoms. The van der Waals surface area contributed by atoms with E-state index in [0.29, 0.717) is 11.1 Å². The normalized spacial score (nSPS) is 27.8. The highest BCUT2D eigenvalue weighted by molar-refractivity contribution is 9.09. The minimum atomic E-state index is -1.75. The molecule has 2 fully saturated rings. The van der Waals surface area contributed by atoms with Gasteiger partial charge < -0.3 is 19.7 Å². The third kappa shape index (κ3) is 5.12. The SMILES string of the molecule is CC1(CBr)SC2C(NC(=O)COc3ccccc3)C(=O)N2C1C(=O)OCC(Cl)(Cl)Cl. The van der Waals surface area contributed by atoms with E-state index in [9.17, 15) is 14.4 Å². The first-order chi connectivity index (χ1) is 14.1. The lowest BCUT2D eigenvalue weighted by molar-refractivity contribution is -0.164. The molecule has 2 saturated heterocycles. The van der Waals surface area contributed by atoms with Crippen molar-refractivity contribution < 1.29 is 23.9 Å². The van der Waals surface area contributed by atoms with Crippen molar-refractivity contribution in [2.45, 2.75) is 32.9 Å². The monoisotopic (exact) mass is 558 g/mol. The molecule has 1 N–H and O–H groups in total. The van der Waals surface area contributed by atoms with Crippen LogP contribution in [-0.4, -0.2) is 67.2 Å². The van der Waals surface area contributed by atoms with Crippen LogP contribution in [0.25, 0.3) is 0 Å². The number of rotatable bonds is 7. The van der Waals surface area contributed by atoms with E-state index in [4.69, 9.17) is 44.3 Å². The van der Waals surface area contributed by atoms with Crippen molar-refractivity contribution in [2.75, 3.05) is 18.5 Å². The topological polar surface area (TPSA) is 84.9 Å². The summed E-state index contributed by atoms with van der Waals surface area (Å²) < 4.78 is 8.10. The number of halogens is 4. The molecule has 0 aliphatic carbocycles. The van der Waals surface area contributed by atoms with Gasteiger partial charge in [-0.1, -0.05) is 68.9 Å². The van der Waals surface area contributed by atoms with E-state index in [-0.39, 0.29) is 12.5 Å². The third-order valence-electron chi connectivity index (χ3n) is 4.62. The number of hydrogen-bond acceptors (Lipinski definition) is 6. The molecule has 7 nitrogen and oxygen atoms in total. The Kier molecular flexibility index (Phi) is 7.39. The molecule has 0 saturated carbocycles. The van der Waals surface area contributed by atoms with Gasteiger partial charge in [-0.05, 0) is 19.1 Å². The number of esters is 1. The van der Waals surface area contributed by atoms with E-state index in [1.54, 1.807) is 24.3 Å². The van der Waals surface area contributed by atoms with Gasteiger partial charge in [0.25, 0.3) is 5.91 Å². The zero-order chi connectivity index (χ0) is 22.1. The smallest absolute Gasteiger partial charge is 0.330 e. The maximum atomic E-state index is 12.7. The van der Waals surface area contributed by atoms with E-state index >= 15 is 0 Å². The number of hydrogen-bond donors (Lipinski definition) is 1. The van der Waals surface area contributed by atoms with E-state index in [2.05, 4.69) is 21.2 Å². The van der Waals surface area contributed by atoms with E-state index in [1.165, 1.54) is 16.7 Å². The van der Waals surface area contributed by atoms with E-state index < -0.39 is 44.5 Å². The number of amides is 2. The number of β-lactam (4-membered cyclic amide) rings is 1. The van der Waals surface area contributed by atoms with Crippen molar-refractivity contribution in [1.29, 1.82) is 0 Å². The van der Waals surface area contributed by atoms with Crippen LogP contribution in [0.1, 0.15) is 6.92 Å². The Bertz CT molecular complexity index is 828. The summed E-state index contributed by atoms with van der Waals surface area (Å²) in [6.45, 7) is 1.17. The van der Waals surface area contributed by atoms with Gasteiger partial charge in [-0.2, -0.15) is 0 Å². The Labute approximate surface area is 201 Å². The minimum absolute atomic E-state index is 0.227. The van der Waals surface area contributed by atoms with Crippen molar-refractivity contribution >= 4 is 80.3 Å². The highest BCUT2D eigenvalue weighted by atomic mass is 79.9. The summed E-state index contributed by atoms with van der Waals surface area (Å²) in [5, 5.41) is 2.68. The first kappa shape index (κ1) is 23.8. The molecule has 2 aliphatic heterocycles. The molecule has 164 valence electrons. The molecule has 30 heavy (non-hydrogen) atoms. The second-order valence-electron chi connectivity index (χ2n) is 6.97. The Morgan fingerprint density at radius 2 is 1.97 bits per heavy atom. The van der Waals surface area contributed by atoms with Crippen LogP contribution in [0, 0.1) is 0 Å². The van der Waals surface area contributed by atoms with Gasteiger partial charge in [0.2, 0.25) is 9.70 Å². The summed E-state index contributed by atoms with van der Waals surface area (Å²) in [7, 11) is 0. The average Bonchev–Trinajstić information content (AvgIpc) is 2.99. The number of carbonyl (C=O) groups excluding carboxylic acids is 3. The standard InChI is InChI=1S/C18H18BrCl3N2O5S/c1-17(8-19)13(16(27)29-9-18(20,21)22)24-14(26)12(15(24)30-17)23-11(25)7-28-10-5-3-2-4-6-10/h2-6,12-13,15H,7-9H2,1H3,(H,23,25). The van der Waals surface area contributed by atoms with Gasteiger partial charge in [0.1, 0.15) is 29.8 Å². The van der Waals surface area contributed by atoms with Crippen LogP contribution in [-0.2, 0) is 19.1 Å². The maximum Gasteiger partial charge on any atom is 0.330 e. The van der Waals surface area contributed by atoms with Crippen molar-refractivity contribution in [3.8, 4) is 5.75 Å². The third-order valence-corrected chi connectivity index (χ3v) is 8.13. The number of fused-ring (bicyclic) bond motifs is 1. The zero-order valence-corrected chi connectivity index (χ0v) is 20.3. The molecule has 2 aliphatic rings. The van der Waals surface area contributed by atoms with Crippen LogP contribution in [0.4, 0.5) is 0 Å². The fourth-order valence-corrected chi connectivity index (χ4v) is 5.71. The molecule has 1 aromatic carbocycles. The lowest BCUT2D eigenvalue weighted by Gasteiger charge is -2.44. The number of ether oxygens (including phenoxy) is 2. The van der Waals surface area contributed by atoms with Crippen molar-refractivity contribution in [2.24, 2.45) is 0 Å². The van der Waals surface area contributed by atoms with Gasteiger partial charge in [0.15, 0.2) is 6.61 Å². The van der Waals surface area contributed by atoms with Gasteiger partial charge in [-0.3, -0.25) is 9.59 Å². The van der Waals surface area contributed by atoms with Gasteiger partial charge in [0.05, 0.1) is 4.75 Å². The number of thioether (sulfide) groups is 1. The quantitative estimate of drug-likeness (QED) is 0.314. The van der Waals surface area contributed by atoms with Gasteiger partial charge in [-0.15, -0.1) is 11.8 Å². The summed E-state index contributed by atoms with van der Waals surface area (Å²) >= 11 is 21.8. The summed E-state index contributed by atoms with van der Waals surface area (Å²) in [5.41, 5.74) is 0. The Hall–Kier alpha value is -0.870. The predicted molar refractivity (Wildman–Crippen MR) is 119 cm³/mol. The largest absolute Gasteiger partial charge is 0.484 e. The van der Waals surface area contributed by atoms with Crippen molar-refractivity contribution in [3.05, 3.63) is 30.3 Å². The highest BCUT2D eigenvalue weighted by Crippen LogP contribution is 2.52. The van der Waals surface area contributed by atoms with Gasteiger partial charge >= 0.3 is 5.97 Å². The summed E-state index contributed by atoms with van der Waals surface area (Å²) in [4.78, 5) is 39.0. The first-order valence-corrected chi connectivity index (χ1v) is 12.0. The van der Waals surface area contributed by atoms with Crippen LogP contribution >= 0.6 is 62.5 Å². The van der Waals surface area contributed by atoms with Gasteiger partial charge in [-0.25, -0.2) is 4.79 Å². The molecule has 4 atom stereocenters. The van der Waals surface area contributed by atoms with Crippen LogP contribution in [0.5, 0.6) is 5.75 Å². The molecular formula is C18H18BrCl3N2O5S. The summed E-state index contributed by atoms with van der Waals surface area (Å²) in [5.74, 6) is -0.918. The fraction of sp³-hybridized carbons (Fsp3) is 0.500. The molecule has 2 amide bonds. The summed E-state index contributed by atoms with van der Waals surface area (Å²) in [6, 6.07) is 7.24. The lowest BCUT2D eigenvalue weighted by Crippen LogP contribution is -2.71. The van der Waals surface area contributed by atoms with Crippen LogP contribution in [0.3, 0.4) is 0 Å². The Morgan fingerprint density at radius 3 is 2.57 bits per heavy atom. The number of benzene rings is 1. The molecule has 3 rings (SSSR count). The second-order valence-corrected chi connectivity index (χ2v) is 11.7. The molecule has 2 heterocycles. The number of nitrogens with one attached hydrogen (secondary N) is 1. The minimum Gasteiger partial charge on any atom is -0.484 e. The number of para-hydroxylation sites is 1. The average molecular weight is 561 g/mol. The number of alkyl halides is 4. The van der Waals surface area contributed by atoms with E-state index in [0.717, 1.165) is 0 Å². The van der Waals surface area contributed by atoms with Crippen LogP contribution < -0.4 is 10.1 Å². The fourth-order valence-electron chi connectivity index (χ4n) is 3.23. The molecule has 4 unspecified atom stereocenters. The molecule has 12 heteroatoms. The lowest BCUT2D eigenvalue weighted by atomic mass is 9.96. The Balaban J connectivity index is 1.62. The maximum absolute atomic E-state index is 12.7. The molecule has 0 spiro atoms. The number of nitrogens with zero attached hydrogens (tertiary/aromatic N) is 1. The first-order valence-electron chi connectivity index (χ1n) is 8.82. The van der Waals surface area contributed by atoms with Gasteiger partial charge in [0, 0.05) is 5.33 Å². The Morgan fingerprint density at radius 1 is 1.30 bits per heavy atom. The van der Waals surface area contributed by atoms with Crippen LogP contribution in [0.15, 0.2) is 30.3 Å². The molecule has 1 aromatic rings. The molecule has 0 radical (unpaired) electrons. The van der Waals surface area contributed by atoms with Crippen molar-refractivity contribution in [1.82, 2.24) is 10.2 Å². The van der Waals surface area contributed by atoms with Crippen molar-refractivity contribution in [3.63, 3.8) is 0 Å². The van der Waals surface area contributed by atoms with E-state index in [1.807, 2.05) is 13.0 Å². The zero-order valence-electron chi connectivity index (χ0n) is 15.6. The highest BCUT2D eigenvalue weighted by Gasteiger charge is 2.65.